The molecule has 14 heavy (non-hydrogen) atoms. The van der Waals surface area contributed by atoms with Crippen LogP contribution in [0.1, 0.15) is 28.0 Å². The van der Waals surface area contributed by atoms with Gasteiger partial charge in [0.25, 0.3) is 12.0 Å². The monoisotopic (exact) mass is 202 g/mol. The maximum Gasteiger partial charge on any atom is 0.278 e. The Bertz CT molecular complexity index is 401. The topological polar surface area (TPSA) is 76.0 Å². The van der Waals surface area contributed by atoms with E-state index in [1.165, 1.54) is 0 Å². The molecule has 76 valence electrons. The number of hydrogen-bond acceptors (Lipinski definition) is 3. The number of halogens is 2. The lowest BCUT2D eigenvalue weighted by Gasteiger charge is -2.06. The summed E-state index contributed by atoms with van der Waals surface area (Å²) in [7, 11) is 0. The number of nitrogens with two attached hydrogens (primary N) is 1. The lowest BCUT2D eigenvalue weighted by atomic mass is 10.1. The molecule has 0 saturated heterocycles. The lowest BCUT2D eigenvalue weighted by molar-refractivity contribution is 0.112. The largest absolute Gasteiger partial charge is 0.326 e. The van der Waals surface area contributed by atoms with Crippen LogP contribution in [0, 0.1) is 0 Å². The Hall–Kier alpha value is -1.56. The van der Waals surface area contributed by atoms with Crippen molar-refractivity contribution >= 4 is 6.29 Å². The first-order chi connectivity index (χ1) is 6.60. The van der Waals surface area contributed by atoms with Crippen molar-refractivity contribution in [1.82, 2.24) is 4.98 Å². The minimum absolute atomic E-state index is 0.0710. The Morgan fingerprint density at radius 3 is 2.64 bits per heavy atom. The summed E-state index contributed by atoms with van der Waals surface area (Å²) < 4.78 is 24.6. The molecule has 1 rings (SSSR count). The maximum atomic E-state index is 12.3. The average molecular weight is 202 g/mol. The highest BCUT2D eigenvalue weighted by atomic mass is 19.3. The third-order valence-electron chi connectivity index (χ3n) is 1.75. The fourth-order valence-electron chi connectivity index (χ4n) is 1.06. The zero-order chi connectivity index (χ0) is 10.7. The van der Waals surface area contributed by atoms with Gasteiger partial charge in [0.15, 0.2) is 6.29 Å². The van der Waals surface area contributed by atoms with Gasteiger partial charge < -0.3 is 10.7 Å². The summed E-state index contributed by atoms with van der Waals surface area (Å²) in [5.41, 5.74) is 3.71. The van der Waals surface area contributed by atoms with E-state index < -0.39 is 17.7 Å². The first-order valence-electron chi connectivity index (χ1n) is 3.79. The van der Waals surface area contributed by atoms with Crippen molar-refractivity contribution < 1.29 is 13.6 Å². The maximum absolute atomic E-state index is 12.3. The number of aromatic nitrogens is 1. The van der Waals surface area contributed by atoms with Gasteiger partial charge in [-0.3, -0.25) is 9.59 Å². The second kappa shape index (κ2) is 4.10. The van der Waals surface area contributed by atoms with Crippen molar-refractivity contribution in [3.8, 4) is 0 Å². The highest BCUT2D eigenvalue weighted by Crippen LogP contribution is 2.19. The molecule has 0 aliphatic carbocycles. The zero-order valence-corrected chi connectivity index (χ0v) is 7.09. The second-order valence-electron chi connectivity index (χ2n) is 2.62. The summed E-state index contributed by atoms with van der Waals surface area (Å²) in [4.78, 5) is 23.2. The first kappa shape index (κ1) is 10.5. The molecular weight excluding hydrogens is 194 g/mol. The molecule has 0 radical (unpaired) electrons. The molecule has 0 saturated carbocycles. The number of alkyl halides is 2. The third-order valence-corrected chi connectivity index (χ3v) is 1.75. The number of pyridine rings is 1. The van der Waals surface area contributed by atoms with Crippen molar-refractivity contribution in [3.63, 3.8) is 0 Å². The molecule has 0 aliphatic heterocycles. The van der Waals surface area contributed by atoms with Crippen LogP contribution in [0.2, 0.25) is 0 Å². The molecule has 0 fully saturated rings. The Balaban J connectivity index is 3.39. The van der Waals surface area contributed by atoms with Crippen molar-refractivity contribution in [2.75, 3.05) is 0 Å². The molecule has 6 heteroatoms. The van der Waals surface area contributed by atoms with Gasteiger partial charge in [-0.25, -0.2) is 8.78 Å². The summed E-state index contributed by atoms with van der Waals surface area (Å²) in [5.74, 6) is 0. The fraction of sp³-hybridized carbons (Fsp3) is 0.250. The third kappa shape index (κ3) is 1.85. The van der Waals surface area contributed by atoms with Gasteiger partial charge in [0, 0.05) is 6.54 Å². The SMILES string of the molecule is NCc1cc(C=O)c(=O)[nH]c1C(F)F. The van der Waals surface area contributed by atoms with Crippen LogP contribution in [0.5, 0.6) is 0 Å². The molecule has 0 unspecified atom stereocenters. The van der Waals surface area contributed by atoms with Crippen LogP contribution in [-0.4, -0.2) is 11.3 Å². The minimum atomic E-state index is -2.80. The molecule has 0 spiro atoms. The summed E-state index contributed by atoms with van der Waals surface area (Å²) in [6, 6.07) is 1.08. The van der Waals surface area contributed by atoms with Crippen LogP contribution in [0.4, 0.5) is 8.78 Å². The second-order valence-corrected chi connectivity index (χ2v) is 2.62. The highest BCUT2D eigenvalue weighted by molar-refractivity contribution is 5.74. The predicted octanol–water partition coefficient (Wildman–Crippen LogP) is 0.584. The van der Waals surface area contributed by atoms with Crippen molar-refractivity contribution in [2.24, 2.45) is 5.73 Å². The van der Waals surface area contributed by atoms with Crippen LogP contribution < -0.4 is 11.3 Å². The van der Waals surface area contributed by atoms with Crippen molar-refractivity contribution in [2.45, 2.75) is 13.0 Å². The smallest absolute Gasteiger partial charge is 0.278 e. The number of aldehydes is 1. The average Bonchev–Trinajstić information content (AvgIpc) is 2.17. The number of rotatable bonds is 3. The Kier molecular flexibility index (Phi) is 3.08. The van der Waals surface area contributed by atoms with Gasteiger partial charge in [-0.2, -0.15) is 0 Å². The van der Waals surface area contributed by atoms with Gasteiger partial charge >= 0.3 is 0 Å². The summed E-state index contributed by atoms with van der Waals surface area (Å²) in [6.45, 7) is -0.155. The van der Waals surface area contributed by atoms with Crippen LogP contribution >= 0.6 is 0 Å². The number of carbonyl (C=O) groups is 1. The number of nitrogens with one attached hydrogen (secondary N) is 1. The molecule has 0 aliphatic rings. The van der Waals surface area contributed by atoms with Gasteiger partial charge in [-0.15, -0.1) is 0 Å². The zero-order valence-electron chi connectivity index (χ0n) is 7.09. The minimum Gasteiger partial charge on any atom is -0.326 e. The Labute approximate surface area is 77.7 Å². The molecule has 0 amide bonds. The lowest BCUT2D eigenvalue weighted by Crippen LogP contribution is -2.18. The van der Waals surface area contributed by atoms with Gasteiger partial charge in [-0.1, -0.05) is 0 Å². The van der Waals surface area contributed by atoms with Crippen LogP contribution in [0.25, 0.3) is 0 Å². The number of carbonyl (C=O) groups excluding carboxylic acids is 1. The van der Waals surface area contributed by atoms with Gasteiger partial charge in [0.05, 0.1) is 11.3 Å². The van der Waals surface area contributed by atoms with E-state index in [1.54, 1.807) is 0 Å². The molecule has 1 heterocycles. The van der Waals surface area contributed by atoms with E-state index in [-0.39, 0.29) is 17.7 Å². The van der Waals surface area contributed by atoms with Gasteiger partial charge in [0.2, 0.25) is 0 Å². The van der Waals surface area contributed by atoms with E-state index in [0.717, 1.165) is 6.07 Å². The Morgan fingerprint density at radius 1 is 1.57 bits per heavy atom. The summed E-state index contributed by atoms with van der Waals surface area (Å²) >= 11 is 0. The van der Waals surface area contributed by atoms with E-state index in [1.807, 2.05) is 4.98 Å². The molecule has 0 bridgehead atoms. The number of hydrogen-bond donors (Lipinski definition) is 2. The molecular formula is C8H8F2N2O2. The number of aromatic amines is 1. The normalized spacial score (nSPS) is 10.6. The van der Waals surface area contributed by atoms with Crippen LogP contribution in [0.15, 0.2) is 10.9 Å². The Morgan fingerprint density at radius 2 is 2.21 bits per heavy atom. The van der Waals surface area contributed by atoms with Gasteiger partial charge in [-0.05, 0) is 11.6 Å². The highest BCUT2D eigenvalue weighted by Gasteiger charge is 2.15. The molecule has 3 N–H and O–H groups in total. The molecule has 0 aromatic carbocycles. The van der Waals surface area contributed by atoms with Gasteiger partial charge in [0.1, 0.15) is 0 Å². The van der Waals surface area contributed by atoms with E-state index in [4.69, 9.17) is 5.73 Å². The standard InChI is InChI=1S/C8H8F2N2O2/c9-7(10)6-4(2-11)1-5(3-13)8(14)12-6/h1,3,7H,2,11H2,(H,12,14). The van der Waals surface area contributed by atoms with E-state index in [2.05, 4.69) is 0 Å². The van der Waals surface area contributed by atoms with E-state index >= 15 is 0 Å². The van der Waals surface area contributed by atoms with E-state index in [0.29, 0.717) is 6.29 Å². The van der Waals surface area contributed by atoms with Crippen molar-refractivity contribution in [3.05, 3.63) is 33.2 Å². The number of H-pyrrole nitrogens is 1. The summed E-state index contributed by atoms with van der Waals surface area (Å²) in [6.07, 6.45) is -2.50. The molecule has 1 aromatic rings. The summed E-state index contributed by atoms with van der Waals surface area (Å²) in [5, 5.41) is 0. The van der Waals surface area contributed by atoms with Crippen LogP contribution in [-0.2, 0) is 6.54 Å². The predicted molar refractivity (Wildman–Crippen MR) is 45.3 cm³/mol. The quantitative estimate of drug-likeness (QED) is 0.704. The first-order valence-corrected chi connectivity index (χ1v) is 3.79. The molecule has 4 nitrogen and oxygen atoms in total. The van der Waals surface area contributed by atoms with Crippen LogP contribution in [0.3, 0.4) is 0 Å². The molecule has 0 atom stereocenters. The molecule has 1 aromatic heterocycles. The van der Waals surface area contributed by atoms with Crippen molar-refractivity contribution in [1.29, 1.82) is 0 Å². The van der Waals surface area contributed by atoms with E-state index in [9.17, 15) is 18.4 Å². The fourth-order valence-corrected chi connectivity index (χ4v) is 1.06.